The lowest BCUT2D eigenvalue weighted by Gasteiger charge is -2.43. The van der Waals surface area contributed by atoms with Crippen LogP contribution in [-0.4, -0.2) is 54.7 Å². The van der Waals surface area contributed by atoms with Crippen LogP contribution < -0.4 is 15.7 Å². The van der Waals surface area contributed by atoms with Gasteiger partial charge in [-0.3, -0.25) is 19.7 Å². The number of carbonyl (C=O) groups is 4. The second-order valence-electron chi connectivity index (χ2n) is 9.85. The van der Waals surface area contributed by atoms with Gasteiger partial charge in [0.1, 0.15) is 17.9 Å². The Kier molecular flexibility index (Phi) is 9.66. The Morgan fingerprint density at radius 1 is 0.837 bits per heavy atom. The highest BCUT2D eigenvalue weighted by Crippen LogP contribution is 2.30. The molecular formula is C30H31NO12. The molecule has 5 atom stereocenters. The number of amides is 1. The number of aryl methyl sites for hydroxylation is 1. The summed E-state index contributed by atoms with van der Waals surface area (Å²) in [6.07, 6.45) is -6.19. The number of esters is 3. The Morgan fingerprint density at radius 2 is 1.47 bits per heavy atom. The van der Waals surface area contributed by atoms with E-state index in [0.717, 1.165) is 10.9 Å². The van der Waals surface area contributed by atoms with Crippen molar-refractivity contribution < 1.29 is 52.0 Å². The van der Waals surface area contributed by atoms with Crippen molar-refractivity contribution in [3.63, 3.8) is 0 Å². The van der Waals surface area contributed by atoms with Gasteiger partial charge in [-0.1, -0.05) is 12.1 Å². The van der Waals surface area contributed by atoms with Crippen LogP contribution in [0.25, 0.3) is 11.0 Å². The Morgan fingerprint density at radius 3 is 2.12 bits per heavy atom. The van der Waals surface area contributed by atoms with Crippen molar-refractivity contribution in [1.29, 1.82) is 0 Å². The number of fused-ring (bicyclic) bond motifs is 1. The first-order valence-corrected chi connectivity index (χ1v) is 13.3. The molecule has 2 aromatic carbocycles. The van der Waals surface area contributed by atoms with Crippen molar-refractivity contribution >= 4 is 40.7 Å². The minimum atomic E-state index is -1.25. The van der Waals surface area contributed by atoms with E-state index in [1.54, 1.807) is 50.2 Å². The largest absolute Gasteiger partial charge is 0.461 e. The molecule has 1 aliphatic rings. The fourth-order valence-electron chi connectivity index (χ4n) is 4.57. The molecule has 13 heteroatoms. The topological polar surface area (TPSA) is 166 Å². The summed E-state index contributed by atoms with van der Waals surface area (Å²) in [4.78, 5) is 59.4. The summed E-state index contributed by atoms with van der Waals surface area (Å²) in [5, 5.41) is 3.34. The number of rotatable bonds is 8. The van der Waals surface area contributed by atoms with Crippen molar-refractivity contribution in [3.05, 3.63) is 70.1 Å². The quantitative estimate of drug-likeness (QED) is 0.227. The number of carbonyl (C=O) groups excluding carboxylic acids is 4. The molecule has 1 fully saturated rings. The van der Waals surface area contributed by atoms with Gasteiger partial charge in [0.15, 0.2) is 12.2 Å². The smallest absolute Gasteiger partial charge is 0.411 e. The molecule has 0 radical (unpaired) electrons. The summed E-state index contributed by atoms with van der Waals surface area (Å²) in [6, 6.07) is 12.8. The fraction of sp³-hybridized carbons (Fsp3) is 0.367. The highest BCUT2D eigenvalue weighted by Gasteiger charge is 2.51. The third-order valence-electron chi connectivity index (χ3n) is 6.38. The maximum atomic E-state index is 12.4. The summed E-state index contributed by atoms with van der Waals surface area (Å²) >= 11 is 0. The molecule has 1 amide bonds. The zero-order chi connectivity index (χ0) is 31.3. The number of benzene rings is 2. The molecular weight excluding hydrogens is 566 g/mol. The predicted octanol–water partition coefficient (Wildman–Crippen LogP) is 3.77. The van der Waals surface area contributed by atoms with Crippen LogP contribution >= 0.6 is 0 Å². The molecule has 1 saturated heterocycles. The molecule has 43 heavy (non-hydrogen) atoms. The van der Waals surface area contributed by atoms with Crippen molar-refractivity contribution in [2.75, 3.05) is 5.32 Å². The highest BCUT2D eigenvalue weighted by atomic mass is 16.7. The summed E-state index contributed by atoms with van der Waals surface area (Å²) in [6.45, 7) is 6.86. The van der Waals surface area contributed by atoms with Crippen LogP contribution in [0.15, 0.2) is 57.7 Å². The molecule has 0 saturated carbocycles. The van der Waals surface area contributed by atoms with Gasteiger partial charge in [0.05, 0.1) is 6.10 Å². The number of hydrogen-bond donors (Lipinski definition) is 1. The molecule has 0 aliphatic carbocycles. The van der Waals surface area contributed by atoms with Gasteiger partial charge in [0.25, 0.3) is 0 Å². The van der Waals surface area contributed by atoms with Crippen LogP contribution in [0.3, 0.4) is 0 Å². The van der Waals surface area contributed by atoms with Gasteiger partial charge in [-0.2, -0.15) is 0 Å². The van der Waals surface area contributed by atoms with Gasteiger partial charge >= 0.3 is 29.6 Å². The molecule has 0 bridgehead atoms. The molecule has 3 aromatic rings. The Balaban J connectivity index is 1.39. The van der Waals surface area contributed by atoms with E-state index in [4.69, 9.17) is 32.8 Å². The molecule has 1 aromatic heterocycles. The van der Waals surface area contributed by atoms with Crippen molar-refractivity contribution in [2.45, 2.75) is 71.9 Å². The minimum absolute atomic E-state index is 0.0699. The molecule has 2 heterocycles. The third-order valence-corrected chi connectivity index (χ3v) is 6.38. The zero-order valence-electron chi connectivity index (χ0n) is 24.1. The van der Waals surface area contributed by atoms with Gasteiger partial charge in [-0.05, 0) is 49.2 Å². The zero-order valence-corrected chi connectivity index (χ0v) is 24.1. The van der Waals surface area contributed by atoms with Crippen molar-refractivity contribution in [1.82, 2.24) is 0 Å². The van der Waals surface area contributed by atoms with Crippen LogP contribution in [0.2, 0.25) is 0 Å². The molecule has 1 aliphatic heterocycles. The number of ether oxygens (including phenoxy) is 6. The Hall–Kier alpha value is -4.91. The van der Waals surface area contributed by atoms with Gasteiger partial charge in [0.2, 0.25) is 12.4 Å². The summed E-state index contributed by atoms with van der Waals surface area (Å²) in [5.41, 5.74) is 1.63. The lowest BCUT2D eigenvalue weighted by atomic mass is 9.99. The van der Waals surface area contributed by atoms with E-state index in [2.05, 4.69) is 5.32 Å². The molecule has 0 unspecified atom stereocenters. The van der Waals surface area contributed by atoms with Gasteiger partial charge in [0, 0.05) is 44.0 Å². The van der Waals surface area contributed by atoms with Gasteiger partial charge in [-0.25, -0.2) is 9.59 Å². The van der Waals surface area contributed by atoms with Crippen LogP contribution in [0.5, 0.6) is 5.75 Å². The normalized spacial score (nSPS) is 21.4. The van der Waals surface area contributed by atoms with Crippen LogP contribution in [0, 0.1) is 6.92 Å². The molecule has 0 spiro atoms. The lowest BCUT2D eigenvalue weighted by Crippen LogP contribution is -2.62. The highest BCUT2D eigenvalue weighted by molar-refractivity contribution is 5.89. The van der Waals surface area contributed by atoms with Gasteiger partial charge < -0.3 is 32.8 Å². The van der Waals surface area contributed by atoms with E-state index in [-0.39, 0.29) is 6.61 Å². The summed E-state index contributed by atoms with van der Waals surface area (Å²) < 4.78 is 38.4. The predicted molar refractivity (Wildman–Crippen MR) is 149 cm³/mol. The monoisotopic (exact) mass is 597 g/mol. The first-order valence-electron chi connectivity index (χ1n) is 13.3. The average Bonchev–Trinajstić information content (AvgIpc) is 2.91. The summed E-state index contributed by atoms with van der Waals surface area (Å²) in [5.74, 6) is -1.69. The minimum Gasteiger partial charge on any atom is -0.461 e. The van der Waals surface area contributed by atoms with Crippen LogP contribution in [0.1, 0.15) is 38.8 Å². The van der Waals surface area contributed by atoms with Crippen molar-refractivity contribution in [3.8, 4) is 5.75 Å². The van der Waals surface area contributed by atoms with Crippen LogP contribution in [0.4, 0.5) is 10.5 Å². The average molecular weight is 598 g/mol. The van der Waals surface area contributed by atoms with E-state index >= 15 is 0 Å². The summed E-state index contributed by atoms with van der Waals surface area (Å²) in [7, 11) is 0. The lowest BCUT2D eigenvalue weighted by molar-refractivity contribution is -0.280. The Labute approximate surface area is 245 Å². The van der Waals surface area contributed by atoms with Crippen molar-refractivity contribution in [2.24, 2.45) is 0 Å². The second kappa shape index (κ2) is 13.4. The molecule has 228 valence electrons. The number of nitrogens with one attached hydrogen (secondary N) is 1. The van der Waals surface area contributed by atoms with Crippen LogP contribution in [-0.2, 0) is 44.7 Å². The molecule has 1 N–H and O–H groups in total. The number of anilines is 1. The fourth-order valence-corrected chi connectivity index (χ4v) is 4.57. The molecule has 4 rings (SSSR count). The van der Waals surface area contributed by atoms with E-state index in [1.807, 2.05) is 0 Å². The third kappa shape index (κ3) is 8.10. The first-order chi connectivity index (χ1) is 20.4. The first kappa shape index (κ1) is 31.0. The standard InChI is InChI=1S/C30H31NO12/c1-15-12-25(35)43-24-13-21(8-11-23(15)24)31-30(36)37-14-20-6-9-22(10-7-20)42-29-28(41-19(5)34)27(40-18(4)33)26(16(2)38-29)39-17(3)32/h6-13,16,26-29H,14H2,1-5H3,(H,31,36)/t16-,26+,27+,28-,29-/m0/s1. The maximum absolute atomic E-state index is 12.4. The number of hydrogen-bond acceptors (Lipinski definition) is 12. The van der Waals surface area contributed by atoms with E-state index in [0.29, 0.717) is 22.6 Å². The SMILES string of the molecule is CC(=O)O[C@H]1[C@H](OC(C)=O)[C@H](Oc2ccc(COC(=O)Nc3ccc4c(C)cc(=O)oc4c3)cc2)O[C@@H](C)[C@H]1OC(C)=O. The second-order valence-corrected chi connectivity index (χ2v) is 9.85. The van der Waals surface area contributed by atoms with E-state index < -0.39 is 60.3 Å². The van der Waals surface area contributed by atoms with E-state index in [1.165, 1.54) is 32.9 Å². The maximum Gasteiger partial charge on any atom is 0.411 e. The molecule has 13 nitrogen and oxygen atoms in total. The van der Waals surface area contributed by atoms with Gasteiger partial charge in [-0.15, -0.1) is 0 Å². The van der Waals surface area contributed by atoms with E-state index in [9.17, 15) is 24.0 Å². The Bertz CT molecular complexity index is 1560.